The quantitative estimate of drug-likeness (QED) is 0.624. The highest BCUT2D eigenvalue weighted by molar-refractivity contribution is 5.90. The maximum absolute atomic E-state index is 11.4. The Morgan fingerprint density at radius 1 is 1.69 bits per heavy atom. The number of nitrogens with one attached hydrogen (secondary N) is 1. The van der Waals surface area contributed by atoms with Gasteiger partial charge in [0.1, 0.15) is 0 Å². The molecular weight excluding hydrogens is 202 g/mol. The molecule has 0 saturated heterocycles. The van der Waals surface area contributed by atoms with Gasteiger partial charge in [0.05, 0.1) is 12.7 Å². The molecule has 16 heavy (non-hydrogen) atoms. The van der Waals surface area contributed by atoms with Gasteiger partial charge in [-0.2, -0.15) is 0 Å². The summed E-state index contributed by atoms with van der Waals surface area (Å²) in [7, 11) is 1.40. The summed E-state index contributed by atoms with van der Waals surface area (Å²) in [6, 6.07) is 6.02. The largest absolute Gasteiger partial charge is 0.465 e. The Bertz CT molecular complexity index is 426. The molecule has 0 amide bonds. The summed E-state index contributed by atoms with van der Waals surface area (Å²) < 4.78 is 4.69. The molecule has 0 saturated carbocycles. The van der Waals surface area contributed by atoms with E-state index in [-0.39, 0.29) is 5.97 Å². The molecule has 1 unspecified atom stereocenters. The van der Waals surface area contributed by atoms with Crippen molar-refractivity contribution in [1.82, 2.24) is 0 Å². The summed E-state index contributed by atoms with van der Waals surface area (Å²) in [5.74, 6) is -0.282. The van der Waals surface area contributed by atoms with Crippen molar-refractivity contribution in [1.29, 1.82) is 0 Å². The van der Waals surface area contributed by atoms with Gasteiger partial charge in [-0.15, -0.1) is 6.58 Å². The van der Waals surface area contributed by atoms with E-state index in [4.69, 9.17) is 4.74 Å². The number of carbonyl (C=O) groups excluding carboxylic acids is 1. The van der Waals surface area contributed by atoms with Crippen LogP contribution in [0.5, 0.6) is 0 Å². The lowest BCUT2D eigenvalue weighted by Crippen LogP contribution is -2.13. The van der Waals surface area contributed by atoms with Gasteiger partial charge in [0, 0.05) is 11.7 Å². The third kappa shape index (κ3) is 1.94. The van der Waals surface area contributed by atoms with Crippen LogP contribution < -0.4 is 5.32 Å². The molecule has 1 aliphatic rings. The average molecular weight is 217 g/mol. The number of anilines is 1. The predicted molar refractivity (Wildman–Crippen MR) is 63.7 cm³/mol. The first kappa shape index (κ1) is 10.7. The molecule has 1 aliphatic heterocycles. The molecule has 1 heterocycles. The standard InChI is InChI=1S/C13H15NO2/c1-3-4-11-8-10-7-9(13(15)16-2)5-6-12(10)14-11/h3,5-7,11,14H,1,4,8H2,2H3. The van der Waals surface area contributed by atoms with Crippen LogP contribution in [0, 0.1) is 0 Å². The van der Waals surface area contributed by atoms with Crippen molar-refractivity contribution in [3.63, 3.8) is 0 Å². The first-order valence-electron chi connectivity index (χ1n) is 5.33. The van der Waals surface area contributed by atoms with Crippen LogP contribution in [0.3, 0.4) is 0 Å². The minimum atomic E-state index is -0.282. The summed E-state index contributed by atoms with van der Waals surface area (Å²) in [5.41, 5.74) is 2.90. The Kier molecular flexibility index (Phi) is 2.95. The fourth-order valence-electron chi connectivity index (χ4n) is 2.03. The van der Waals surface area contributed by atoms with Crippen molar-refractivity contribution < 1.29 is 9.53 Å². The number of esters is 1. The number of rotatable bonds is 3. The van der Waals surface area contributed by atoms with Crippen LogP contribution in [0.25, 0.3) is 0 Å². The number of ether oxygens (including phenoxy) is 1. The van der Waals surface area contributed by atoms with Crippen molar-refractivity contribution in [2.45, 2.75) is 18.9 Å². The highest BCUT2D eigenvalue weighted by atomic mass is 16.5. The molecular formula is C13H15NO2. The lowest BCUT2D eigenvalue weighted by atomic mass is 10.1. The molecule has 1 aromatic rings. The average Bonchev–Trinajstić information content (AvgIpc) is 2.69. The van der Waals surface area contributed by atoms with Gasteiger partial charge >= 0.3 is 5.97 Å². The van der Waals surface area contributed by atoms with Gasteiger partial charge < -0.3 is 10.1 Å². The third-order valence-electron chi connectivity index (χ3n) is 2.80. The van der Waals surface area contributed by atoms with E-state index in [1.807, 2.05) is 18.2 Å². The number of benzene rings is 1. The topological polar surface area (TPSA) is 38.3 Å². The lowest BCUT2D eigenvalue weighted by molar-refractivity contribution is 0.0600. The number of fused-ring (bicyclic) bond motifs is 1. The minimum absolute atomic E-state index is 0.282. The summed E-state index contributed by atoms with van der Waals surface area (Å²) >= 11 is 0. The van der Waals surface area contributed by atoms with Gasteiger partial charge in [0.15, 0.2) is 0 Å². The second-order valence-electron chi connectivity index (χ2n) is 3.93. The minimum Gasteiger partial charge on any atom is -0.465 e. The molecule has 2 rings (SSSR count). The summed E-state index contributed by atoms with van der Waals surface area (Å²) in [6.07, 6.45) is 3.78. The zero-order valence-corrected chi connectivity index (χ0v) is 9.32. The Morgan fingerprint density at radius 2 is 2.50 bits per heavy atom. The van der Waals surface area contributed by atoms with E-state index in [1.54, 1.807) is 6.07 Å². The van der Waals surface area contributed by atoms with E-state index in [2.05, 4.69) is 11.9 Å². The van der Waals surface area contributed by atoms with Crippen LogP contribution in [-0.4, -0.2) is 19.1 Å². The predicted octanol–water partition coefficient (Wildman–Crippen LogP) is 2.39. The molecule has 1 atom stereocenters. The highest BCUT2D eigenvalue weighted by Gasteiger charge is 2.20. The summed E-state index contributed by atoms with van der Waals surface area (Å²) in [5, 5.41) is 3.40. The monoisotopic (exact) mass is 217 g/mol. The van der Waals surface area contributed by atoms with Crippen LogP contribution in [0.2, 0.25) is 0 Å². The molecule has 84 valence electrons. The smallest absolute Gasteiger partial charge is 0.337 e. The van der Waals surface area contributed by atoms with E-state index < -0.39 is 0 Å². The molecule has 1 aromatic carbocycles. The van der Waals surface area contributed by atoms with Crippen molar-refractivity contribution in [2.24, 2.45) is 0 Å². The molecule has 3 heteroatoms. The molecule has 3 nitrogen and oxygen atoms in total. The van der Waals surface area contributed by atoms with E-state index in [0.717, 1.165) is 18.5 Å². The zero-order valence-electron chi connectivity index (χ0n) is 9.32. The maximum atomic E-state index is 11.4. The summed E-state index contributed by atoms with van der Waals surface area (Å²) in [4.78, 5) is 11.4. The number of methoxy groups -OCH3 is 1. The number of carbonyl (C=O) groups is 1. The second-order valence-corrected chi connectivity index (χ2v) is 3.93. The van der Waals surface area contributed by atoms with Crippen molar-refractivity contribution in [3.8, 4) is 0 Å². The molecule has 1 N–H and O–H groups in total. The molecule has 0 spiro atoms. The van der Waals surface area contributed by atoms with Gasteiger partial charge in [0.25, 0.3) is 0 Å². The molecule has 0 aliphatic carbocycles. The van der Waals surface area contributed by atoms with Crippen LogP contribution in [0.15, 0.2) is 30.9 Å². The molecule has 0 bridgehead atoms. The fraction of sp³-hybridized carbons (Fsp3) is 0.308. The third-order valence-corrected chi connectivity index (χ3v) is 2.80. The van der Waals surface area contributed by atoms with Crippen LogP contribution in [0.4, 0.5) is 5.69 Å². The second kappa shape index (κ2) is 4.39. The lowest BCUT2D eigenvalue weighted by Gasteiger charge is -2.06. The van der Waals surface area contributed by atoms with E-state index >= 15 is 0 Å². The Morgan fingerprint density at radius 3 is 3.19 bits per heavy atom. The van der Waals surface area contributed by atoms with E-state index in [0.29, 0.717) is 11.6 Å². The number of hydrogen-bond acceptors (Lipinski definition) is 3. The SMILES string of the molecule is C=CCC1Cc2cc(C(=O)OC)ccc2N1. The van der Waals surface area contributed by atoms with Gasteiger partial charge in [0.2, 0.25) is 0 Å². The maximum Gasteiger partial charge on any atom is 0.337 e. The first-order chi connectivity index (χ1) is 7.74. The number of hydrogen-bond donors (Lipinski definition) is 1. The van der Waals surface area contributed by atoms with Gasteiger partial charge in [-0.25, -0.2) is 4.79 Å². The Hall–Kier alpha value is -1.77. The van der Waals surface area contributed by atoms with E-state index in [9.17, 15) is 4.79 Å². The highest BCUT2D eigenvalue weighted by Crippen LogP contribution is 2.28. The summed E-state index contributed by atoms with van der Waals surface area (Å²) in [6.45, 7) is 3.73. The van der Waals surface area contributed by atoms with Crippen molar-refractivity contribution in [2.75, 3.05) is 12.4 Å². The van der Waals surface area contributed by atoms with Crippen LogP contribution >= 0.6 is 0 Å². The van der Waals surface area contributed by atoms with E-state index in [1.165, 1.54) is 12.7 Å². The van der Waals surface area contributed by atoms with Crippen LogP contribution in [0.1, 0.15) is 22.3 Å². The fourth-order valence-corrected chi connectivity index (χ4v) is 2.03. The normalized spacial score (nSPS) is 17.4. The van der Waals surface area contributed by atoms with Gasteiger partial charge in [-0.3, -0.25) is 0 Å². The Labute approximate surface area is 95.1 Å². The Balaban J connectivity index is 2.20. The molecule has 0 radical (unpaired) electrons. The first-order valence-corrected chi connectivity index (χ1v) is 5.33. The van der Waals surface area contributed by atoms with Crippen molar-refractivity contribution in [3.05, 3.63) is 42.0 Å². The molecule has 0 fully saturated rings. The molecule has 0 aromatic heterocycles. The van der Waals surface area contributed by atoms with Gasteiger partial charge in [-0.1, -0.05) is 6.08 Å². The zero-order chi connectivity index (χ0) is 11.5. The van der Waals surface area contributed by atoms with Gasteiger partial charge in [-0.05, 0) is 36.6 Å². The van der Waals surface area contributed by atoms with Crippen LogP contribution in [-0.2, 0) is 11.2 Å². The van der Waals surface area contributed by atoms with Crippen molar-refractivity contribution >= 4 is 11.7 Å².